The van der Waals surface area contributed by atoms with Crippen molar-refractivity contribution in [3.05, 3.63) is 143 Å². The Morgan fingerprint density at radius 1 is 0.695 bits per heavy atom. The van der Waals surface area contributed by atoms with Crippen molar-refractivity contribution in [3.8, 4) is 0 Å². The van der Waals surface area contributed by atoms with Gasteiger partial charge >= 0.3 is 6.03 Å². The molecule has 1 aromatic heterocycles. The van der Waals surface area contributed by atoms with E-state index in [-0.39, 0.29) is 74.7 Å². The van der Waals surface area contributed by atoms with Gasteiger partial charge in [0.15, 0.2) is 0 Å². The number of aryl methyl sites for hydroxylation is 1. The van der Waals surface area contributed by atoms with Crippen molar-refractivity contribution in [3.63, 3.8) is 0 Å². The molecule has 9 atom stereocenters. The Morgan fingerprint density at radius 2 is 1.29 bits per heavy atom. The van der Waals surface area contributed by atoms with E-state index in [1.54, 1.807) is 51.0 Å². The first-order valence-corrected chi connectivity index (χ1v) is 28.8. The molecular weight excluding hydrogens is 1040 g/mol. The minimum absolute atomic E-state index is 0.0296. The number of ether oxygens (including phenoxy) is 1. The van der Waals surface area contributed by atoms with Crippen molar-refractivity contribution >= 4 is 52.4 Å². The third-order valence-electron chi connectivity index (χ3n) is 16.7. The second-order valence-corrected chi connectivity index (χ2v) is 24.6. The molecule has 6 N–H and O–H groups in total. The van der Waals surface area contributed by atoms with E-state index in [0.717, 1.165) is 52.5 Å². The lowest BCUT2D eigenvalue weighted by atomic mass is 9.84. The molecule has 3 heterocycles. The fraction of sp³-hybridized carbons (Fsp3) is 0.484. The minimum Gasteiger partial charge on any atom is -0.382 e. The molecule has 82 heavy (non-hydrogen) atoms. The molecule has 2 aliphatic heterocycles. The van der Waals surface area contributed by atoms with Gasteiger partial charge in [0.2, 0.25) is 35.4 Å². The molecule has 5 aromatic rings. The van der Waals surface area contributed by atoms with Gasteiger partial charge in [-0.05, 0) is 116 Å². The predicted molar refractivity (Wildman–Crippen MR) is 316 cm³/mol. The van der Waals surface area contributed by atoms with Crippen LogP contribution in [0.1, 0.15) is 120 Å². The van der Waals surface area contributed by atoms with Crippen LogP contribution in [0.15, 0.2) is 109 Å². The molecular formula is C64H84N10O8. The number of nitrogens with zero attached hydrogens (tertiary/aromatic N) is 4. The molecule has 18 nitrogen and oxygen atoms in total. The van der Waals surface area contributed by atoms with Crippen molar-refractivity contribution in [1.29, 1.82) is 0 Å². The number of benzene rings is 4. The third kappa shape index (κ3) is 13.6. The maximum absolute atomic E-state index is 15.8. The Kier molecular flexibility index (Phi) is 19.1. The Morgan fingerprint density at radius 3 is 1.91 bits per heavy atom. The van der Waals surface area contributed by atoms with Crippen molar-refractivity contribution in [1.82, 2.24) is 51.2 Å². The number of methoxy groups -OCH3 is 1. The molecule has 1 saturated heterocycles. The summed E-state index contributed by atoms with van der Waals surface area (Å²) in [5, 5.41) is 19.0. The topological polar surface area (TPSA) is 216 Å². The van der Waals surface area contributed by atoms with Crippen LogP contribution in [0.4, 0.5) is 4.79 Å². The fourth-order valence-corrected chi connectivity index (χ4v) is 11.6. The highest BCUT2D eigenvalue weighted by Gasteiger charge is 2.47. The fourth-order valence-electron chi connectivity index (χ4n) is 11.6. The van der Waals surface area contributed by atoms with E-state index >= 15 is 9.59 Å². The molecule has 1 aliphatic carbocycles. The lowest BCUT2D eigenvalue weighted by molar-refractivity contribution is -0.153. The predicted octanol–water partition coefficient (Wildman–Crippen LogP) is 6.31. The minimum atomic E-state index is -0.976. The Hall–Kier alpha value is -7.41. The molecule has 0 saturated carbocycles. The molecule has 7 amide bonds. The summed E-state index contributed by atoms with van der Waals surface area (Å²) in [7, 11) is 4.95. The molecule has 18 heteroatoms. The Labute approximate surface area is 482 Å². The van der Waals surface area contributed by atoms with E-state index < -0.39 is 71.1 Å². The highest BCUT2D eigenvalue weighted by Crippen LogP contribution is 2.35. The number of likely N-dealkylation sites (N-methyl/N-ethyl adjacent to an activating group) is 2. The smallest absolute Gasteiger partial charge is 0.326 e. The molecule has 438 valence electrons. The molecule has 3 aliphatic rings. The van der Waals surface area contributed by atoms with Crippen molar-refractivity contribution in [2.24, 2.45) is 10.8 Å². The van der Waals surface area contributed by atoms with Crippen LogP contribution in [-0.2, 0) is 59.4 Å². The zero-order valence-corrected chi connectivity index (χ0v) is 49.5. The number of likely N-dealkylation sites (tertiary alicyclic amines) is 1. The van der Waals surface area contributed by atoms with Crippen LogP contribution in [0.2, 0.25) is 0 Å². The van der Waals surface area contributed by atoms with Gasteiger partial charge in [-0.2, -0.15) is 0 Å². The van der Waals surface area contributed by atoms with Gasteiger partial charge in [0.05, 0.1) is 42.3 Å². The first-order valence-electron chi connectivity index (χ1n) is 28.8. The maximum atomic E-state index is 15.8. The van der Waals surface area contributed by atoms with Crippen molar-refractivity contribution in [2.75, 3.05) is 34.4 Å². The summed E-state index contributed by atoms with van der Waals surface area (Å²) in [6.07, 6.45) is 4.62. The Balaban J connectivity index is 1.08. The number of aromatic nitrogens is 1. The van der Waals surface area contributed by atoms with Crippen molar-refractivity contribution < 1.29 is 38.3 Å². The standard InChI is InChI=1S/C64H84N10O8/c1-39(65-9)56(75)69-54(63(3,4)5)60(79)73-36-46-24-16-15-23-44(46)33-52(73)59(78)72(53(38-82-11)43-21-13-12-14-22-43)35-41-28-29-50-45(32-41)30-31-71(50)62(81)67-47-34-51(58(77)68-49-27-19-25-42-20-17-18-26-48(42)49)74(37-47)61(80)55(64(6,7)8)70-57(76)40(2)66-10/h12-18,20-24,26,28-32,39-40,47,49,51-55,65-66H,19,25,27,33-38H2,1-11H3,(H,67,81)(H,68,77)(H,69,75)(H,70,76)/t39-,40-,47-,49+,51-,52-,53?,54+,55+/m0/s1. The van der Waals surface area contributed by atoms with Gasteiger partial charge in [-0.3, -0.25) is 33.3 Å². The maximum Gasteiger partial charge on any atom is 0.326 e. The molecule has 0 radical (unpaired) electrons. The van der Waals surface area contributed by atoms with Gasteiger partial charge in [0.1, 0.15) is 24.2 Å². The summed E-state index contributed by atoms with van der Waals surface area (Å²) in [4.78, 5) is 106. The number of hydrogen-bond acceptors (Lipinski definition) is 10. The monoisotopic (exact) mass is 1120 g/mol. The average molecular weight is 1120 g/mol. The first-order chi connectivity index (χ1) is 39.0. The van der Waals surface area contributed by atoms with Crippen LogP contribution in [0, 0.1) is 10.8 Å². The van der Waals surface area contributed by atoms with Crippen molar-refractivity contribution in [2.45, 2.75) is 155 Å². The van der Waals surface area contributed by atoms with E-state index in [1.165, 1.54) is 15.0 Å². The number of nitrogens with one attached hydrogen (secondary N) is 6. The second-order valence-electron chi connectivity index (χ2n) is 24.6. The highest BCUT2D eigenvalue weighted by molar-refractivity contribution is 5.96. The largest absolute Gasteiger partial charge is 0.382 e. The first kappa shape index (κ1) is 60.7. The van der Waals surface area contributed by atoms with Gasteiger partial charge in [-0.1, -0.05) is 126 Å². The van der Waals surface area contributed by atoms with E-state index in [4.69, 9.17) is 4.74 Å². The summed E-state index contributed by atoms with van der Waals surface area (Å²) >= 11 is 0. The number of carbonyl (C=O) groups excluding carboxylic acids is 7. The van der Waals surface area contributed by atoms with Crippen LogP contribution < -0.4 is 31.9 Å². The summed E-state index contributed by atoms with van der Waals surface area (Å²) in [5.41, 5.74) is 4.85. The molecule has 1 fully saturated rings. The third-order valence-corrected chi connectivity index (χ3v) is 16.7. The highest BCUT2D eigenvalue weighted by atomic mass is 16.5. The quantitative estimate of drug-likeness (QED) is 0.0575. The van der Waals surface area contributed by atoms with E-state index in [2.05, 4.69) is 38.0 Å². The molecule has 8 rings (SSSR count). The number of carbonyl (C=O) groups is 7. The van der Waals surface area contributed by atoms with Crippen LogP contribution in [0.3, 0.4) is 0 Å². The molecule has 0 bridgehead atoms. The molecule has 4 aromatic carbocycles. The normalized spacial score (nSPS) is 19.8. The van der Waals surface area contributed by atoms with Crippen LogP contribution in [-0.4, -0.2) is 137 Å². The zero-order valence-electron chi connectivity index (χ0n) is 49.5. The van der Waals surface area contributed by atoms with Gasteiger partial charge < -0.3 is 51.3 Å². The molecule has 1 unspecified atom stereocenters. The lowest BCUT2D eigenvalue weighted by Crippen LogP contribution is -2.62. The van der Waals surface area contributed by atoms with Gasteiger partial charge in [0, 0.05) is 44.7 Å². The van der Waals surface area contributed by atoms with E-state index in [1.807, 2.05) is 139 Å². The van der Waals surface area contributed by atoms with E-state index in [0.29, 0.717) is 5.52 Å². The summed E-state index contributed by atoms with van der Waals surface area (Å²) in [5.74, 6) is -2.08. The summed E-state index contributed by atoms with van der Waals surface area (Å²) in [6.45, 7) is 15.2. The van der Waals surface area contributed by atoms with Crippen LogP contribution >= 0.6 is 0 Å². The van der Waals surface area contributed by atoms with Gasteiger partial charge in [0.25, 0.3) is 0 Å². The summed E-state index contributed by atoms with van der Waals surface area (Å²) in [6, 6.07) is 26.1. The van der Waals surface area contributed by atoms with Crippen LogP contribution in [0.25, 0.3) is 10.9 Å². The Bertz CT molecular complexity index is 3130. The summed E-state index contributed by atoms with van der Waals surface area (Å²) < 4.78 is 7.36. The second kappa shape index (κ2) is 25.8. The SMILES string of the molecule is CN[C@@H](C)C(=O)N[C@H](C(=O)N1C[C@@H](NC(=O)n2ccc3cc(CN(C(=O)[C@@H]4Cc5ccccc5CN4C(=O)[C@@H](NC(=O)[C@H](C)NC)C(C)(C)C)C(COC)c4ccccc4)ccc32)C[C@H]1C(=O)N[C@@H]1CCCc2ccccc21)C(C)(C)C. The average Bonchev–Trinajstić information content (AvgIpc) is 4.22. The molecule has 0 spiro atoms. The number of rotatable bonds is 18. The zero-order chi connectivity index (χ0) is 59.2. The lowest BCUT2D eigenvalue weighted by Gasteiger charge is -2.44. The van der Waals surface area contributed by atoms with Crippen LogP contribution in [0.5, 0.6) is 0 Å². The number of fused-ring (bicyclic) bond motifs is 3. The van der Waals surface area contributed by atoms with Gasteiger partial charge in [-0.25, -0.2) is 4.79 Å². The number of amides is 7. The van der Waals surface area contributed by atoms with Gasteiger partial charge in [-0.15, -0.1) is 0 Å². The van der Waals surface area contributed by atoms with E-state index in [9.17, 15) is 24.0 Å². The number of hydrogen-bond donors (Lipinski definition) is 6.